The topological polar surface area (TPSA) is 18.5 Å². The van der Waals surface area contributed by atoms with Gasteiger partial charge in [0.15, 0.2) is 11.6 Å². The van der Waals surface area contributed by atoms with E-state index >= 15 is 0 Å². The van der Waals surface area contributed by atoms with E-state index in [2.05, 4.69) is 20.1 Å². The second-order valence-corrected chi connectivity index (χ2v) is 9.38. The number of allylic oxidation sites excluding steroid dienone is 1. The van der Waals surface area contributed by atoms with E-state index in [1.54, 1.807) is 6.07 Å². The quantitative estimate of drug-likeness (QED) is 0.298. The second kappa shape index (κ2) is 11.2. The highest BCUT2D eigenvalue weighted by atomic mass is 19.2. The van der Waals surface area contributed by atoms with Crippen LogP contribution < -0.4 is 0 Å². The Hall–Kier alpha value is -2.01. The standard InChI is InChI=1S/C27H35F3O2/c1-17-5-7-20(8-6-17)23-13-14-24(27(30)26(23)29)21-9-11-22(12-10-21)32-16-18(2)25(28)15-19(3)31-4/h13-15,17,20-22H,2-3,5-12,16H2,1,4H3/b25-15+. The first-order valence-corrected chi connectivity index (χ1v) is 11.7. The maximum absolute atomic E-state index is 15.0. The van der Waals surface area contributed by atoms with Gasteiger partial charge in [0, 0.05) is 11.6 Å². The molecule has 2 nitrogen and oxygen atoms in total. The molecule has 0 heterocycles. The van der Waals surface area contributed by atoms with E-state index in [0.717, 1.165) is 38.5 Å². The van der Waals surface area contributed by atoms with Crippen molar-refractivity contribution in [3.63, 3.8) is 0 Å². The van der Waals surface area contributed by atoms with Crippen molar-refractivity contribution in [1.29, 1.82) is 0 Å². The Balaban J connectivity index is 1.54. The molecule has 0 amide bonds. The lowest BCUT2D eigenvalue weighted by atomic mass is 9.77. The van der Waals surface area contributed by atoms with Crippen molar-refractivity contribution in [3.8, 4) is 0 Å². The molecule has 2 aliphatic carbocycles. The van der Waals surface area contributed by atoms with E-state index in [-0.39, 0.29) is 35.9 Å². The van der Waals surface area contributed by atoms with Crippen LogP contribution in [-0.4, -0.2) is 19.8 Å². The number of hydrogen-bond acceptors (Lipinski definition) is 2. The molecule has 0 saturated heterocycles. The Bertz CT molecular complexity index is 845. The molecule has 2 aliphatic rings. The molecule has 1 aromatic carbocycles. The molecule has 2 saturated carbocycles. The Labute approximate surface area is 190 Å². The molecule has 0 bridgehead atoms. The van der Waals surface area contributed by atoms with Crippen molar-refractivity contribution < 1.29 is 22.6 Å². The lowest BCUT2D eigenvalue weighted by Gasteiger charge is -2.30. The molecular formula is C27H35F3O2. The molecule has 0 radical (unpaired) electrons. The van der Waals surface area contributed by atoms with E-state index < -0.39 is 17.5 Å². The molecule has 32 heavy (non-hydrogen) atoms. The molecule has 0 aromatic heterocycles. The summed E-state index contributed by atoms with van der Waals surface area (Å²) in [4.78, 5) is 0. The van der Waals surface area contributed by atoms with E-state index in [1.807, 2.05) is 6.07 Å². The van der Waals surface area contributed by atoms with Crippen molar-refractivity contribution in [2.24, 2.45) is 5.92 Å². The van der Waals surface area contributed by atoms with Gasteiger partial charge >= 0.3 is 0 Å². The van der Waals surface area contributed by atoms with Gasteiger partial charge in [-0.3, -0.25) is 0 Å². The molecular weight excluding hydrogens is 413 g/mol. The number of ether oxygens (including phenoxy) is 2. The first kappa shape index (κ1) is 24.6. The number of methoxy groups -OCH3 is 1. The number of halogens is 3. The van der Waals surface area contributed by atoms with Crippen molar-refractivity contribution in [3.05, 3.63) is 71.3 Å². The molecule has 0 aliphatic heterocycles. The van der Waals surface area contributed by atoms with Crippen LogP contribution in [0.5, 0.6) is 0 Å². The number of hydrogen-bond donors (Lipinski definition) is 0. The van der Waals surface area contributed by atoms with Crippen LogP contribution in [0.3, 0.4) is 0 Å². The summed E-state index contributed by atoms with van der Waals surface area (Å²) in [7, 11) is 1.42. The fraction of sp³-hybridized carbons (Fsp3) is 0.556. The van der Waals surface area contributed by atoms with Gasteiger partial charge in [-0.05, 0) is 67.4 Å². The van der Waals surface area contributed by atoms with E-state index in [1.165, 1.54) is 13.2 Å². The second-order valence-electron chi connectivity index (χ2n) is 9.38. The first-order chi connectivity index (χ1) is 15.3. The zero-order chi connectivity index (χ0) is 23.3. The average molecular weight is 449 g/mol. The normalized spacial score (nSPS) is 26.6. The Morgan fingerprint density at radius 2 is 1.44 bits per heavy atom. The maximum Gasteiger partial charge on any atom is 0.162 e. The van der Waals surface area contributed by atoms with Crippen LogP contribution in [0.15, 0.2) is 48.5 Å². The van der Waals surface area contributed by atoms with Gasteiger partial charge in [0.2, 0.25) is 0 Å². The highest BCUT2D eigenvalue weighted by molar-refractivity contribution is 5.32. The predicted octanol–water partition coefficient (Wildman–Crippen LogP) is 7.87. The molecule has 0 N–H and O–H groups in total. The summed E-state index contributed by atoms with van der Waals surface area (Å²) in [6.45, 7) is 9.55. The van der Waals surface area contributed by atoms with Crippen LogP contribution in [0.1, 0.15) is 81.3 Å². The third kappa shape index (κ3) is 6.06. The van der Waals surface area contributed by atoms with Gasteiger partial charge in [0.1, 0.15) is 11.6 Å². The van der Waals surface area contributed by atoms with Crippen LogP contribution in [0, 0.1) is 17.6 Å². The SMILES string of the molecule is C=C(/C=C(/F)C(=C)COC1CCC(c2ccc(C3CCC(C)CC3)c(F)c2F)CC1)OC. The zero-order valence-corrected chi connectivity index (χ0v) is 19.3. The summed E-state index contributed by atoms with van der Waals surface area (Å²) in [6, 6.07) is 3.60. The van der Waals surface area contributed by atoms with Gasteiger partial charge in [0.05, 0.1) is 19.8 Å². The van der Waals surface area contributed by atoms with Crippen LogP contribution in [-0.2, 0) is 9.47 Å². The lowest BCUT2D eigenvalue weighted by molar-refractivity contribution is 0.0382. The summed E-state index contributed by atoms with van der Waals surface area (Å²) < 4.78 is 54.5. The Morgan fingerprint density at radius 1 is 0.938 bits per heavy atom. The first-order valence-electron chi connectivity index (χ1n) is 11.7. The van der Waals surface area contributed by atoms with Crippen molar-refractivity contribution in [2.45, 2.75) is 76.2 Å². The highest BCUT2D eigenvalue weighted by Gasteiger charge is 2.29. The van der Waals surface area contributed by atoms with Crippen LogP contribution in [0.25, 0.3) is 0 Å². The molecule has 3 rings (SSSR count). The monoisotopic (exact) mass is 448 g/mol. The van der Waals surface area contributed by atoms with Crippen LogP contribution in [0.4, 0.5) is 13.2 Å². The van der Waals surface area contributed by atoms with Gasteiger partial charge < -0.3 is 9.47 Å². The van der Waals surface area contributed by atoms with Gasteiger partial charge in [-0.2, -0.15) is 0 Å². The van der Waals surface area contributed by atoms with Crippen molar-refractivity contribution >= 4 is 0 Å². The summed E-state index contributed by atoms with van der Waals surface area (Å²) in [5.74, 6) is -0.860. The molecule has 5 heteroatoms. The van der Waals surface area contributed by atoms with Crippen LogP contribution in [0.2, 0.25) is 0 Å². The molecule has 1 aromatic rings. The molecule has 0 spiro atoms. The largest absolute Gasteiger partial charge is 0.497 e. The fourth-order valence-electron chi connectivity index (χ4n) is 4.91. The molecule has 176 valence electrons. The van der Waals surface area contributed by atoms with E-state index in [4.69, 9.17) is 9.47 Å². The zero-order valence-electron chi connectivity index (χ0n) is 19.3. The average Bonchev–Trinajstić information content (AvgIpc) is 2.80. The lowest BCUT2D eigenvalue weighted by Crippen LogP contribution is -2.22. The van der Waals surface area contributed by atoms with Gasteiger partial charge in [0.25, 0.3) is 0 Å². The van der Waals surface area contributed by atoms with Crippen molar-refractivity contribution in [1.82, 2.24) is 0 Å². The summed E-state index contributed by atoms with van der Waals surface area (Å²) in [6.07, 6.45) is 8.01. The minimum atomic E-state index is -0.676. The predicted molar refractivity (Wildman–Crippen MR) is 122 cm³/mol. The third-order valence-corrected chi connectivity index (χ3v) is 7.09. The molecule has 0 atom stereocenters. The maximum atomic E-state index is 15.0. The summed E-state index contributed by atoms with van der Waals surface area (Å²) in [5.41, 5.74) is 1.25. The van der Waals surface area contributed by atoms with Gasteiger partial charge in [-0.25, -0.2) is 13.2 Å². The minimum Gasteiger partial charge on any atom is -0.497 e. The smallest absolute Gasteiger partial charge is 0.162 e. The van der Waals surface area contributed by atoms with E-state index in [9.17, 15) is 13.2 Å². The summed E-state index contributed by atoms with van der Waals surface area (Å²) >= 11 is 0. The number of benzene rings is 1. The molecule has 2 fully saturated rings. The highest BCUT2D eigenvalue weighted by Crippen LogP contribution is 2.40. The van der Waals surface area contributed by atoms with Gasteiger partial charge in [-0.1, -0.05) is 45.1 Å². The number of rotatable bonds is 8. The fourth-order valence-corrected chi connectivity index (χ4v) is 4.91. The van der Waals surface area contributed by atoms with Crippen LogP contribution >= 0.6 is 0 Å². The Kier molecular flexibility index (Phi) is 8.64. The molecule has 0 unspecified atom stereocenters. The minimum absolute atomic E-state index is 0.0189. The van der Waals surface area contributed by atoms with Crippen molar-refractivity contribution in [2.75, 3.05) is 13.7 Å². The van der Waals surface area contributed by atoms with E-state index in [0.29, 0.717) is 29.9 Å². The third-order valence-electron chi connectivity index (χ3n) is 7.09. The van der Waals surface area contributed by atoms with Gasteiger partial charge in [-0.15, -0.1) is 0 Å². The summed E-state index contributed by atoms with van der Waals surface area (Å²) in [5, 5.41) is 0. The Morgan fingerprint density at radius 3 is 1.94 bits per heavy atom.